The predicted octanol–water partition coefficient (Wildman–Crippen LogP) is 3.89. The summed E-state index contributed by atoms with van der Waals surface area (Å²) in [6, 6.07) is 10.7. The van der Waals surface area contributed by atoms with Crippen molar-refractivity contribution < 1.29 is 19.2 Å². The molecule has 0 unspecified atom stereocenters. The highest BCUT2D eigenvalue weighted by Gasteiger charge is 2.17. The molecule has 28 heavy (non-hydrogen) atoms. The van der Waals surface area contributed by atoms with Crippen LogP contribution in [0.5, 0.6) is 0 Å². The third-order valence-electron chi connectivity index (χ3n) is 4.00. The van der Waals surface area contributed by atoms with Crippen LogP contribution in [0.15, 0.2) is 42.5 Å². The number of amides is 1. The van der Waals surface area contributed by atoms with Gasteiger partial charge in [0.05, 0.1) is 15.5 Å². The molecule has 0 spiro atoms. The van der Waals surface area contributed by atoms with Gasteiger partial charge in [0, 0.05) is 36.6 Å². The Hall–Kier alpha value is -3.13. The number of ether oxygens (including phenoxy) is 1. The maximum Gasteiger partial charge on any atom is 0.340 e. The van der Waals surface area contributed by atoms with Crippen molar-refractivity contribution in [3.63, 3.8) is 0 Å². The number of nitro groups is 1. The zero-order chi connectivity index (χ0) is 20.7. The normalized spacial score (nSPS) is 10.2. The molecule has 0 aliphatic heterocycles. The predicted molar refractivity (Wildman–Crippen MR) is 107 cm³/mol. The highest BCUT2D eigenvalue weighted by atomic mass is 35.5. The highest BCUT2D eigenvalue weighted by molar-refractivity contribution is 6.33. The summed E-state index contributed by atoms with van der Waals surface area (Å²) in [6.45, 7) is 5.37. The number of esters is 1. The third kappa shape index (κ3) is 5.43. The Kier molecular flexibility index (Phi) is 7.34. The minimum atomic E-state index is -0.841. The number of non-ortho nitro benzene ring substituents is 1. The van der Waals surface area contributed by atoms with Crippen LogP contribution in [0.25, 0.3) is 0 Å². The molecule has 1 amide bonds. The zero-order valence-electron chi connectivity index (χ0n) is 15.5. The number of hydrogen-bond acceptors (Lipinski definition) is 6. The Morgan fingerprint density at radius 1 is 1.14 bits per heavy atom. The van der Waals surface area contributed by atoms with Crippen molar-refractivity contribution in [2.45, 2.75) is 13.8 Å². The topological polar surface area (TPSA) is 102 Å². The van der Waals surface area contributed by atoms with E-state index in [0.717, 1.165) is 30.9 Å². The number of carbonyl (C=O) groups excluding carboxylic acids is 2. The number of nitro benzene ring substituents is 1. The minimum absolute atomic E-state index is 0.0522. The highest BCUT2D eigenvalue weighted by Crippen LogP contribution is 2.23. The summed E-state index contributed by atoms with van der Waals surface area (Å²) < 4.78 is 4.93. The van der Waals surface area contributed by atoms with E-state index in [0.29, 0.717) is 5.69 Å². The van der Waals surface area contributed by atoms with E-state index in [1.165, 1.54) is 6.07 Å². The van der Waals surface area contributed by atoms with Crippen LogP contribution in [0.2, 0.25) is 5.02 Å². The summed E-state index contributed by atoms with van der Waals surface area (Å²) >= 11 is 5.87. The fraction of sp³-hybridized carbons (Fsp3) is 0.263. The van der Waals surface area contributed by atoms with Crippen LogP contribution in [0.3, 0.4) is 0 Å². The zero-order valence-corrected chi connectivity index (χ0v) is 16.2. The molecule has 0 bridgehead atoms. The van der Waals surface area contributed by atoms with Crippen LogP contribution < -0.4 is 10.2 Å². The molecule has 0 aromatic heterocycles. The molecule has 2 rings (SSSR count). The van der Waals surface area contributed by atoms with Gasteiger partial charge in [0.25, 0.3) is 11.6 Å². The van der Waals surface area contributed by atoms with Gasteiger partial charge < -0.3 is 15.0 Å². The molecular weight excluding hydrogens is 386 g/mol. The number of anilines is 2. The Labute approximate surface area is 167 Å². The molecule has 0 radical (unpaired) electrons. The van der Waals surface area contributed by atoms with Crippen LogP contribution in [-0.2, 0) is 9.53 Å². The van der Waals surface area contributed by atoms with Crippen LogP contribution >= 0.6 is 11.6 Å². The SMILES string of the molecule is CCN(CC)c1ccc(NC(=O)COC(=O)c2ccc([N+](=O)[O-])cc2Cl)cc1. The molecule has 0 heterocycles. The van der Waals surface area contributed by atoms with Gasteiger partial charge in [-0.15, -0.1) is 0 Å². The Balaban J connectivity index is 1.91. The van der Waals surface area contributed by atoms with Crippen molar-refractivity contribution in [1.29, 1.82) is 0 Å². The van der Waals surface area contributed by atoms with E-state index in [1.807, 2.05) is 12.1 Å². The molecule has 0 saturated carbocycles. The van der Waals surface area contributed by atoms with Crippen LogP contribution in [0, 0.1) is 10.1 Å². The van der Waals surface area contributed by atoms with Gasteiger partial charge in [-0.2, -0.15) is 0 Å². The second kappa shape index (κ2) is 9.70. The van der Waals surface area contributed by atoms with Crippen molar-refractivity contribution >= 4 is 40.5 Å². The average molecular weight is 406 g/mol. The standard InChI is InChI=1S/C19H20ClN3O5/c1-3-22(4-2)14-7-5-13(6-8-14)21-18(24)12-28-19(25)16-10-9-15(23(26)27)11-17(16)20/h5-11H,3-4,12H2,1-2H3,(H,21,24). The van der Waals surface area contributed by atoms with Gasteiger partial charge in [-0.1, -0.05) is 11.6 Å². The molecule has 0 aliphatic rings. The Morgan fingerprint density at radius 3 is 2.32 bits per heavy atom. The number of hydrogen-bond donors (Lipinski definition) is 1. The van der Waals surface area contributed by atoms with Gasteiger partial charge in [-0.3, -0.25) is 14.9 Å². The van der Waals surface area contributed by atoms with Crippen molar-refractivity contribution in [1.82, 2.24) is 0 Å². The first-order valence-electron chi connectivity index (χ1n) is 8.61. The molecule has 1 N–H and O–H groups in total. The van der Waals surface area contributed by atoms with Crippen LogP contribution in [0.1, 0.15) is 24.2 Å². The second-order valence-electron chi connectivity index (χ2n) is 5.76. The molecule has 2 aromatic carbocycles. The van der Waals surface area contributed by atoms with Crippen molar-refractivity contribution in [2.75, 3.05) is 29.9 Å². The molecule has 0 fully saturated rings. The monoisotopic (exact) mass is 405 g/mol. The van der Waals surface area contributed by atoms with Gasteiger partial charge in [-0.25, -0.2) is 4.79 Å². The van der Waals surface area contributed by atoms with Gasteiger partial charge in [-0.05, 0) is 44.2 Å². The van der Waals surface area contributed by atoms with Gasteiger partial charge in [0.15, 0.2) is 6.61 Å². The van der Waals surface area contributed by atoms with Crippen molar-refractivity contribution in [3.05, 3.63) is 63.2 Å². The summed E-state index contributed by atoms with van der Waals surface area (Å²) in [5.74, 6) is -1.35. The van der Waals surface area contributed by atoms with Gasteiger partial charge >= 0.3 is 5.97 Å². The molecule has 2 aromatic rings. The van der Waals surface area contributed by atoms with E-state index in [-0.39, 0.29) is 16.3 Å². The summed E-state index contributed by atoms with van der Waals surface area (Å²) in [7, 11) is 0. The molecule has 148 valence electrons. The van der Waals surface area contributed by atoms with Gasteiger partial charge in [0.2, 0.25) is 0 Å². The third-order valence-corrected chi connectivity index (χ3v) is 4.31. The van der Waals surface area contributed by atoms with Crippen LogP contribution in [0.4, 0.5) is 17.1 Å². The van der Waals surface area contributed by atoms with E-state index in [1.54, 1.807) is 12.1 Å². The summed E-state index contributed by atoms with van der Waals surface area (Å²) in [5, 5.41) is 13.2. The fourth-order valence-electron chi connectivity index (χ4n) is 2.53. The molecule has 9 heteroatoms. The lowest BCUT2D eigenvalue weighted by molar-refractivity contribution is -0.384. The maximum absolute atomic E-state index is 12.0. The maximum atomic E-state index is 12.0. The minimum Gasteiger partial charge on any atom is -0.452 e. The molecule has 0 atom stereocenters. The number of halogens is 1. The van der Waals surface area contributed by atoms with Gasteiger partial charge in [0.1, 0.15) is 0 Å². The second-order valence-corrected chi connectivity index (χ2v) is 6.17. The average Bonchev–Trinajstić information content (AvgIpc) is 2.68. The first-order valence-corrected chi connectivity index (χ1v) is 8.99. The lowest BCUT2D eigenvalue weighted by atomic mass is 10.2. The van der Waals surface area contributed by atoms with E-state index in [2.05, 4.69) is 24.1 Å². The lowest BCUT2D eigenvalue weighted by Gasteiger charge is -2.21. The first kappa shape index (κ1) is 21.2. The molecule has 0 saturated heterocycles. The smallest absolute Gasteiger partial charge is 0.340 e. The molecular formula is C19H20ClN3O5. The quantitative estimate of drug-likeness (QED) is 0.406. The number of rotatable bonds is 8. The van der Waals surface area contributed by atoms with E-state index >= 15 is 0 Å². The first-order chi connectivity index (χ1) is 13.3. The van der Waals surface area contributed by atoms with E-state index in [9.17, 15) is 19.7 Å². The molecule has 0 aliphatic carbocycles. The summed E-state index contributed by atoms with van der Waals surface area (Å²) in [6.07, 6.45) is 0. The Bertz CT molecular complexity index is 866. The fourth-order valence-corrected chi connectivity index (χ4v) is 2.79. The van der Waals surface area contributed by atoms with Crippen LogP contribution in [-0.4, -0.2) is 36.5 Å². The largest absolute Gasteiger partial charge is 0.452 e. The number of carbonyl (C=O) groups is 2. The number of benzene rings is 2. The van der Waals surface area contributed by atoms with E-state index in [4.69, 9.17) is 16.3 Å². The number of nitrogens with zero attached hydrogens (tertiary/aromatic N) is 2. The Morgan fingerprint density at radius 2 is 1.79 bits per heavy atom. The summed E-state index contributed by atoms with van der Waals surface area (Å²) in [5.41, 5.74) is 1.32. The lowest BCUT2D eigenvalue weighted by Crippen LogP contribution is -2.22. The molecule has 8 nitrogen and oxygen atoms in total. The summed E-state index contributed by atoms with van der Waals surface area (Å²) in [4.78, 5) is 36.2. The number of nitrogens with one attached hydrogen (secondary N) is 1. The van der Waals surface area contributed by atoms with E-state index < -0.39 is 23.4 Å². The van der Waals surface area contributed by atoms with Crippen molar-refractivity contribution in [3.8, 4) is 0 Å². The van der Waals surface area contributed by atoms with Crippen molar-refractivity contribution in [2.24, 2.45) is 0 Å².